The van der Waals surface area contributed by atoms with E-state index >= 15 is 0 Å². The molecule has 0 saturated heterocycles. The van der Waals surface area contributed by atoms with Crippen LogP contribution in [0.5, 0.6) is 11.5 Å². The topological polar surface area (TPSA) is 73.6 Å². The van der Waals surface area contributed by atoms with E-state index in [0.29, 0.717) is 24.6 Å². The molecular weight excluding hydrogens is 244 g/mol. The molecule has 1 rings (SSSR count). The fraction of sp³-hybridized carbons (Fsp3) is 0.500. The number of nitrogens with two attached hydrogens (primary N) is 1. The Morgan fingerprint density at radius 1 is 1.42 bits per heavy atom. The van der Waals surface area contributed by atoms with Gasteiger partial charge in [-0.2, -0.15) is 0 Å². The molecule has 0 bridgehead atoms. The van der Waals surface area contributed by atoms with Gasteiger partial charge in [-0.25, -0.2) is 0 Å². The minimum atomic E-state index is -0.561. The van der Waals surface area contributed by atoms with Crippen LogP contribution in [0.25, 0.3) is 0 Å². The van der Waals surface area contributed by atoms with Gasteiger partial charge >= 0.3 is 0 Å². The van der Waals surface area contributed by atoms with Crippen molar-refractivity contribution in [3.05, 3.63) is 23.8 Å². The van der Waals surface area contributed by atoms with Crippen LogP contribution in [-0.4, -0.2) is 32.2 Å². The van der Waals surface area contributed by atoms with Crippen LogP contribution < -0.4 is 20.5 Å². The first-order valence-corrected chi connectivity index (χ1v) is 6.43. The number of carbonyl (C=O) groups excluding carboxylic acids is 1. The number of methoxy groups -OCH3 is 1. The maximum Gasteiger partial charge on any atom is 0.260 e. The lowest BCUT2D eigenvalue weighted by Crippen LogP contribution is -2.36. The Hall–Kier alpha value is -1.75. The third kappa shape index (κ3) is 4.44. The van der Waals surface area contributed by atoms with Crippen LogP contribution in [0.3, 0.4) is 0 Å². The van der Waals surface area contributed by atoms with Crippen LogP contribution >= 0.6 is 0 Å². The van der Waals surface area contributed by atoms with Gasteiger partial charge in [-0.1, -0.05) is 6.07 Å². The minimum absolute atomic E-state index is 0.143. The number of hydrogen-bond donors (Lipinski definition) is 2. The van der Waals surface area contributed by atoms with Gasteiger partial charge in [0.05, 0.1) is 7.11 Å². The van der Waals surface area contributed by atoms with Crippen LogP contribution in [0.4, 0.5) is 0 Å². The molecule has 1 unspecified atom stereocenters. The Balaban J connectivity index is 2.79. The molecule has 0 saturated carbocycles. The van der Waals surface area contributed by atoms with Gasteiger partial charge in [-0.15, -0.1) is 0 Å². The van der Waals surface area contributed by atoms with Crippen molar-refractivity contribution in [2.24, 2.45) is 5.73 Å². The second kappa shape index (κ2) is 7.63. The molecule has 1 amide bonds. The molecule has 0 aliphatic heterocycles. The van der Waals surface area contributed by atoms with E-state index in [0.717, 1.165) is 12.0 Å². The molecule has 1 aromatic carbocycles. The SMILES string of the molecule is CCNC(=O)C(C)Oc1ccc(CCN)cc1OC. The van der Waals surface area contributed by atoms with E-state index in [1.165, 1.54) is 0 Å². The number of amides is 1. The number of carbonyl (C=O) groups is 1. The molecule has 0 fully saturated rings. The van der Waals surface area contributed by atoms with E-state index < -0.39 is 6.10 Å². The Morgan fingerprint density at radius 2 is 2.16 bits per heavy atom. The summed E-state index contributed by atoms with van der Waals surface area (Å²) in [6.45, 7) is 4.74. The van der Waals surface area contributed by atoms with Crippen LogP contribution in [-0.2, 0) is 11.2 Å². The van der Waals surface area contributed by atoms with Gasteiger partial charge in [-0.05, 0) is 44.5 Å². The Labute approximate surface area is 114 Å². The van der Waals surface area contributed by atoms with E-state index in [-0.39, 0.29) is 5.91 Å². The van der Waals surface area contributed by atoms with Gasteiger partial charge in [0.25, 0.3) is 5.91 Å². The van der Waals surface area contributed by atoms with Gasteiger partial charge in [-0.3, -0.25) is 4.79 Å². The molecule has 5 heteroatoms. The predicted molar refractivity (Wildman–Crippen MR) is 74.5 cm³/mol. The number of nitrogens with one attached hydrogen (secondary N) is 1. The Morgan fingerprint density at radius 3 is 2.74 bits per heavy atom. The molecule has 0 aliphatic rings. The molecular formula is C14H22N2O3. The van der Waals surface area contributed by atoms with E-state index in [9.17, 15) is 4.79 Å². The molecule has 0 aliphatic carbocycles. The average Bonchev–Trinajstić information content (AvgIpc) is 2.41. The van der Waals surface area contributed by atoms with E-state index in [1.54, 1.807) is 20.1 Å². The van der Waals surface area contributed by atoms with Gasteiger partial charge in [0.15, 0.2) is 17.6 Å². The second-order valence-corrected chi connectivity index (χ2v) is 4.18. The number of benzene rings is 1. The minimum Gasteiger partial charge on any atom is -0.493 e. The van der Waals surface area contributed by atoms with E-state index in [4.69, 9.17) is 15.2 Å². The van der Waals surface area contributed by atoms with Crippen molar-refractivity contribution in [2.75, 3.05) is 20.2 Å². The maximum atomic E-state index is 11.6. The van der Waals surface area contributed by atoms with Crippen molar-refractivity contribution in [2.45, 2.75) is 26.4 Å². The van der Waals surface area contributed by atoms with Crippen molar-refractivity contribution < 1.29 is 14.3 Å². The van der Waals surface area contributed by atoms with E-state index in [2.05, 4.69) is 5.32 Å². The Bertz CT molecular complexity index is 421. The molecule has 3 N–H and O–H groups in total. The molecule has 106 valence electrons. The van der Waals surface area contributed by atoms with Gasteiger partial charge in [0.2, 0.25) is 0 Å². The summed E-state index contributed by atoms with van der Waals surface area (Å²) in [6.07, 6.45) is 0.219. The maximum absolute atomic E-state index is 11.6. The summed E-state index contributed by atoms with van der Waals surface area (Å²) >= 11 is 0. The highest BCUT2D eigenvalue weighted by molar-refractivity contribution is 5.80. The fourth-order valence-corrected chi connectivity index (χ4v) is 1.69. The number of likely N-dealkylation sites (N-methyl/N-ethyl adjacent to an activating group) is 1. The third-order valence-electron chi connectivity index (χ3n) is 2.69. The average molecular weight is 266 g/mol. The first-order chi connectivity index (χ1) is 9.12. The molecule has 0 spiro atoms. The summed E-state index contributed by atoms with van der Waals surface area (Å²) < 4.78 is 10.9. The predicted octanol–water partition coefficient (Wildman–Crippen LogP) is 1.10. The summed E-state index contributed by atoms with van der Waals surface area (Å²) in [4.78, 5) is 11.6. The first-order valence-electron chi connectivity index (χ1n) is 6.43. The highest BCUT2D eigenvalue weighted by Gasteiger charge is 2.16. The molecule has 0 radical (unpaired) electrons. The normalized spacial score (nSPS) is 11.8. The molecule has 1 atom stereocenters. The largest absolute Gasteiger partial charge is 0.493 e. The number of hydrogen-bond acceptors (Lipinski definition) is 4. The second-order valence-electron chi connectivity index (χ2n) is 4.18. The van der Waals surface area contributed by atoms with Crippen molar-refractivity contribution >= 4 is 5.91 Å². The highest BCUT2D eigenvalue weighted by Crippen LogP contribution is 2.29. The fourth-order valence-electron chi connectivity index (χ4n) is 1.69. The molecule has 19 heavy (non-hydrogen) atoms. The van der Waals surface area contributed by atoms with Crippen LogP contribution in [0.1, 0.15) is 19.4 Å². The van der Waals surface area contributed by atoms with Gasteiger partial charge < -0.3 is 20.5 Å². The lowest BCUT2D eigenvalue weighted by molar-refractivity contribution is -0.127. The third-order valence-corrected chi connectivity index (χ3v) is 2.69. The summed E-state index contributed by atoms with van der Waals surface area (Å²) in [5.41, 5.74) is 6.60. The Kier molecular flexibility index (Phi) is 6.15. The standard InChI is InChI=1S/C14H22N2O3/c1-4-16-14(17)10(2)19-12-6-5-11(7-8-15)9-13(12)18-3/h5-6,9-10H,4,7-8,15H2,1-3H3,(H,16,17). The van der Waals surface area contributed by atoms with Crippen molar-refractivity contribution in [1.82, 2.24) is 5.32 Å². The van der Waals surface area contributed by atoms with Crippen LogP contribution in [0, 0.1) is 0 Å². The molecule has 1 aromatic rings. The summed E-state index contributed by atoms with van der Waals surface area (Å²) in [7, 11) is 1.57. The van der Waals surface area contributed by atoms with Crippen molar-refractivity contribution in [3.63, 3.8) is 0 Å². The number of ether oxygens (including phenoxy) is 2. The van der Waals surface area contributed by atoms with Gasteiger partial charge in [0, 0.05) is 6.54 Å². The summed E-state index contributed by atoms with van der Waals surface area (Å²) in [6, 6.07) is 5.61. The first kappa shape index (κ1) is 15.3. The zero-order chi connectivity index (χ0) is 14.3. The van der Waals surface area contributed by atoms with Gasteiger partial charge in [0.1, 0.15) is 0 Å². The van der Waals surface area contributed by atoms with Crippen molar-refractivity contribution in [3.8, 4) is 11.5 Å². The lowest BCUT2D eigenvalue weighted by Gasteiger charge is -2.17. The molecule has 5 nitrogen and oxygen atoms in total. The highest BCUT2D eigenvalue weighted by atomic mass is 16.5. The zero-order valence-corrected chi connectivity index (χ0v) is 11.7. The molecule has 0 heterocycles. The van der Waals surface area contributed by atoms with E-state index in [1.807, 2.05) is 19.1 Å². The van der Waals surface area contributed by atoms with Crippen LogP contribution in [0.15, 0.2) is 18.2 Å². The number of rotatable bonds is 7. The molecule has 0 aromatic heterocycles. The van der Waals surface area contributed by atoms with Crippen molar-refractivity contribution in [1.29, 1.82) is 0 Å². The quantitative estimate of drug-likeness (QED) is 0.775. The zero-order valence-electron chi connectivity index (χ0n) is 11.7. The summed E-state index contributed by atoms with van der Waals surface area (Å²) in [5, 5.41) is 2.71. The van der Waals surface area contributed by atoms with Crippen LogP contribution in [0.2, 0.25) is 0 Å². The smallest absolute Gasteiger partial charge is 0.260 e. The monoisotopic (exact) mass is 266 g/mol. The summed E-state index contributed by atoms with van der Waals surface area (Å²) in [5.74, 6) is 1.03. The lowest BCUT2D eigenvalue weighted by atomic mass is 10.1.